The Morgan fingerprint density at radius 2 is 1.96 bits per heavy atom. The molecule has 2 heterocycles. The van der Waals surface area contributed by atoms with Gasteiger partial charge in [0.1, 0.15) is 0 Å². The SMILES string of the molecule is CN=C(NCCN1CCCS1(=O)=O)NC(C)c1cccc(N2CCCC2)c1.I. The van der Waals surface area contributed by atoms with Crippen LogP contribution in [0, 0.1) is 0 Å². The van der Waals surface area contributed by atoms with Gasteiger partial charge in [-0.15, -0.1) is 24.0 Å². The maximum Gasteiger partial charge on any atom is 0.214 e. The summed E-state index contributed by atoms with van der Waals surface area (Å²) < 4.78 is 25.3. The maximum atomic E-state index is 11.9. The number of anilines is 1. The van der Waals surface area contributed by atoms with Crippen LogP contribution < -0.4 is 15.5 Å². The molecule has 3 rings (SSSR count). The Morgan fingerprint density at radius 3 is 2.61 bits per heavy atom. The Kier molecular flexibility index (Phi) is 8.81. The number of aliphatic imine (C=N–C) groups is 1. The molecule has 0 aliphatic carbocycles. The Morgan fingerprint density at radius 1 is 1.21 bits per heavy atom. The molecule has 0 aromatic heterocycles. The molecule has 0 bridgehead atoms. The van der Waals surface area contributed by atoms with E-state index < -0.39 is 10.0 Å². The van der Waals surface area contributed by atoms with E-state index in [1.54, 1.807) is 11.4 Å². The highest BCUT2D eigenvalue weighted by atomic mass is 127. The number of hydrogen-bond acceptors (Lipinski definition) is 4. The molecule has 0 amide bonds. The summed E-state index contributed by atoms with van der Waals surface area (Å²) in [5, 5.41) is 6.63. The Hall–Kier alpha value is -1.07. The molecule has 2 aliphatic rings. The predicted molar refractivity (Wildman–Crippen MR) is 126 cm³/mol. The molecule has 0 radical (unpaired) electrons. The van der Waals surface area contributed by atoms with Gasteiger partial charge >= 0.3 is 0 Å². The normalized spacial score (nSPS) is 20.6. The number of sulfonamides is 1. The highest BCUT2D eigenvalue weighted by molar-refractivity contribution is 14.0. The summed E-state index contributed by atoms with van der Waals surface area (Å²) in [5.74, 6) is 0.954. The van der Waals surface area contributed by atoms with Gasteiger partial charge in [-0.2, -0.15) is 0 Å². The second kappa shape index (κ2) is 10.6. The Bertz CT molecular complexity index is 765. The van der Waals surface area contributed by atoms with E-state index in [1.165, 1.54) is 24.1 Å². The fraction of sp³-hybridized carbons (Fsp3) is 0.632. The highest BCUT2D eigenvalue weighted by Crippen LogP contribution is 2.23. The molecule has 7 nitrogen and oxygen atoms in total. The largest absolute Gasteiger partial charge is 0.372 e. The predicted octanol–water partition coefficient (Wildman–Crippen LogP) is 2.17. The van der Waals surface area contributed by atoms with Gasteiger partial charge in [0.15, 0.2) is 5.96 Å². The molecule has 2 N–H and O–H groups in total. The van der Waals surface area contributed by atoms with Crippen LogP contribution in [0.5, 0.6) is 0 Å². The lowest BCUT2D eigenvalue weighted by Crippen LogP contribution is -2.42. The zero-order chi connectivity index (χ0) is 19.3. The minimum absolute atomic E-state index is 0. The van der Waals surface area contributed by atoms with Gasteiger partial charge in [0, 0.05) is 45.5 Å². The third kappa shape index (κ3) is 5.96. The molecule has 1 aromatic rings. The lowest BCUT2D eigenvalue weighted by atomic mass is 10.1. The molecule has 0 saturated carbocycles. The van der Waals surface area contributed by atoms with Crippen LogP contribution in [0.3, 0.4) is 0 Å². The first-order valence-electron chi connectivity index (χ1n) is 9.79. The van der Waals surface area contributed by atoms with Crippen molar-refractivity contribution in [2.24, 2.45) is 4.99 Å². The molecular formula is C19H32IN5O2S. The summed E-state index contributed by atoms with van der Waals surface area (Å²) >= 11 is 0. The highest BCUT2D eigenvalue weighted by Gasteiger charge is 2.27. The molecule has 1 atom stereocenters. The summed E-state index contributed by atoms with van der Waals surface area (Å²) in [6.07, 6.45) is 3.25. The third-order valence-corrected chi connectivity index (χ3v) is 7.23. The van der Waals surface area contributed by atoms with Crippen LogP contribution in [0.4, 0.5) is 5.69 Å². The molecule has 158 valence electrons. The first-order chi connectivity index (χ1) is 13.0. The van der Waals surface area contributed by atoms with Crippen LogP contribution in [-0.4, -0.2) is 64.2 Å². The van der Waals surface area contributed by atoms with E-state index in [2.05, 4.69) is 51.7 Å². The van der Waals surface area contributed by atoms with Crippen molar-refractivity contribution in [2.45, 2.75) is 32.2 Å². The summed E-state index contributed by atoms with van der Waals surface area (Å²) in [6, 6.07) is 8.75. The zero-order valence-electron chi connectivity index (χ0n) is 16.7. The lowest BCUT2D eigenvalue weighted by molar-refractivity contribution is 0.444. The molecule has 2 aliphatic heterocycles. The van der Waals surface area contributed by atoms with Crippen molar-refractivity contribution in [3.63, 3.8) is 0 Å². The molecule has 1 unspecified atom stereocenters. The van der Waals surface area contributed by atoms with Crippen molar-refractivity contribution < 1.29 is 8.42 Å². The van der Waals surface area contributed by atoms with E-state index in [1.807, 2.05) is 0 Å². The molecular weight excluding hydrogens is 489 g/mol. The van der Waals surface area contributed by atoms with Crippen molar-refractivity contribution in [1.82, 2.24) is 14.9 Å². The number of nitrogens with zero attached hydrogens (tertiary/aromatic N) is 3. The van der Waals surface area contributed by atoms with Gasteiger partial charge in [-0.25, -0.2) is 12.7 Å². The minimum atomic E-state index is -3.04. The van der Waals surface area contributed by atoms with Crippen LogP contribution in [0.1, 0.15) is 37.8 Å². The fourth-order valence-corrected chi connectivity index (χ4v) is 5.22. The van der Waals surface area contributed by atoms with Crippen LogP contribution in [0.15, 0.2) is 29.3 Å². The fourth-order valence-electron chi connectivity index (χ4n) is 3.69. The number of guanidine groups is 1. The smallest absolute Gasteiger partial charge is 0.214 e. The molecule has 1 aromatic carbocycles. The van der Waals surface area contributed by atoms with Gasteiger partial charge in [0.25, 0.3) is 0 Å². The van der Waals surface area contributed by atoms with Gasteiger partial charge in [0.2, 0.25) is 10.0 Å². The van der Waals surface area contributed by atoms with Gasteiger partial charge < -0.3 is 15.5 Å². The topological polar surface area (TPSA) is 77.0 Å². The number of benzene rings is 1. The molecule has 9 heteroatoms. The van der Waals surface area contributed by atoms with Gasteiger partial charge in [0.05, 0.1) is 11.8 Å². The van der Waals surface area contributed by atoms with Crippen LogP contribution >= 0.6 is 24.0 Å². The summed E-state index contributed by atoms with van der Waals surface area (Å²) in [6.45, 7) is 6.01. The van der Waals surface area contributed by atoms with Crippen LogP contribution in [0.25, 0.3) is 0 Å². The number of rotatable bonds is 6. The van der Waals surface area contributed by atoms with Gasteiger partial charge in [-0.3, -0.25) is 4.99 Å². The van der Waals surface area contributed by atoms with Crippen molar-refractivity contribution in [1.29, 1.82) is 0 Å². The molecule has 0 spiro atoms. The van der Waals surface area contributed by atoms with Crippen LogP contribution in [-0.2, 0) is 10.0 Å². The Labute approximate surface area is 186 Å². The first kappa shape index (κ1) is 23.2. The van der Waals surface area contributed by atoms with E-state index in [0.29, 0.717) is 25.6 Å². The van der Waals surface area contributed by atoms with E-state index in [4.69, 9.17) is 0 Å². The standard InChI is InChI=1S/C19H31N5O2S.HI/c1-16(17-7-5-8-18(15-17)23-10-3-4-11-23)22-19(20-2)21-9-13-24-12-6-14-27(24,25)26;/h5,7-8,15-16H,3-4,6,9-14H2,1-2H3,(H2,20,21,22);1H. The number of halogens is 1. The van der Waals surface area contributed by atoms with E-state index >= 15 is 0 Å². The maximum absolute atomic E-state index is 11.9. The molecule has 2 saturated heterocycles. The second-order valence-corrected chi connectivity index (χ2v) is 9.31. The third-order valence-electron chi connectivity index (χ3n) is 5.28. The van der Waals surface area contributed by atoms with Crippen molar-refractivity contribution >= 4 is 45.6 Å². The van der Waals surface area contributed by atoms with Crippen molar-refractivity contribution in [2.75, 3.05) is 50.4 Å². The molecule has 28 heavy (non-hydrogen) atoms. The zero-order valence-corrected chi connectivity index (χ0v) is 19.9. The first-order valence-corrected chi connectivity index (χ1v) is 11.4. The van der Waals surface area contributed by atoms with E-state index in [-0.39, 0.29) is 35.8 Å². The summed E-state index contributed by atoms with van der Waals surface area (Å²) in [7, 11) is -1.31. The monoisotopic (exact) mass is 521 g/mol. The minimum Gasteiger partial charge on any atom is -0.372 e. The lowest BCUT2D eigenvalue weighted by Gasteiger charge is -2.22. The quantitative estimate of drug-likeness (QED) is 0.341. The number of nitrogens with one attached hydrogen (secondary N) is 2. The average molecular weight is 521 g/mol. The van der Waals surface area contributed by atoms with E-state index in [9.17, 15) is 8.42 Å². The van der Waals surface area contributed by atoms with Crippen molar-refractivity contribution in [3.8, 4) is 0 Å². The second-order valence-electron chi connectivity index (χ2n) is 7.22. The van der Waals surface area contributed by atoms with Gasteiger partial charge in [-0.1, -0.05) is 12.1 Å². The van der Waals surface area contributed by atoms with Crippen LogP contribution in [0.2, 0.25) is 0 Å². The summed E-state index contributed by atoms with van der Waals surface area (Å²) in [4.78, 5) is 6.70. The van der Waals surface area contributed by atoms with Gasteiger partial charge in [-0.05, 0) is 43.9 Å². The molecule has 2 fully saturated rings. The average Bonchev–Trinajstić information content (AvgIpc) is 3.31. The summed E-state index contributed by atoms with van der Waals surface area (Å²) in [5.41, 5.74) is 2.49. The number of hydrogen-bond donors (Lipinski definition) is 2. The van der Waals surface area contributed by atoms with E-state index in [0.717, 1.165) is 19.5 Å². The Balaban J connectivity index is 0.00000280. The van der Waals surface area contributed by atoms with Crippen molar-refractivity contribution in [3.05, 3.63) is 29.8 Å².